The molecule has 0 fully saturated rings. The Morgan fingerprint density at radius 3 is 2.94 bits per heavy atom. The molecule has 0 atom stereocenters. The minimum atomic E-state index is -0.249. The number of rotatable bonds is 2. The number of aryl methyl sites for hydroxylation is 1. The van der Waals surface area contributed by atoms with Crippen molar-refractivity contribution in [2.75, 3.05) is 0 Å². The van der Waals surface area contributed by atoms with E-state index in [9.17, 15) is 4.39 Å². The van der Waals surface area contributed by atoms with Crippen molar-refractivity contribution in [3.63, 3.8) is 0 Å². The normalized spacial score (nSPS) is 10.9. The van der Waals surface area contributed by atoms with E-state index in [0.717, 1.165) is 5.52 Å². The Bertz CT molecular complexity index is 627. The summed E-state index contributed by atoms with van der Waals surface area (Å²) in [6, 6.07) is 3.19. The molecule has 1 heterocycles. The summed E-state index contributed by atoms with van der Waals surface area (Å²) in [5.74, 6) is -0.249. The largest absolute Gasteiger partial charge is 0.330 e. The van der Waals surface area contributed by atoms with Crippen LogP contribution in [0.2, 0.25) is 0 Å². The predicted octanol–water partition coefficient (Wildman–Crippen LogP) is 3.90. The maximum absolute atomic E-state index is 13.3. The van der Waals surface area contributed by atoms with Crippen LogP contribution < -0.4 is 0 Å². The third-order valence-electron chi connectivity index (χ3n) is 2.38. The van der Waals surface area contributed by atoms with E-state index in [0.29, 0.717) is 27.4 Å². The van der Waals surface area contributed by atoms with E-state index in [1.165, 1.54) is 6.07 Å². The maximum atomic E-state index is 13.3. The first-order valence-corrected chi connectivity index (χ1v) is 5.49. The van der Waals surface area contributed by atoms with E-state index >= 15 is 0 Å². The number of H-pyrrole nitrogens is 1. The topological polar surface area (TPSA) is 20.7 Å². The molecule has 0 unspecified atom stereocenters. The summed E-state index contributed by atoms with van der Waals surface area (Å²) >= 11 is 10.9. The van der Waals surface area contributed by atoms with E-state index in [1.807, 2.05) is 0 Å². The summed E-state index contributed by atoms with van der Waals surface area (Å²) in [5.41, 5.74) is 2.09. The second-order valence-electron chi connectivity index (χ2n) is 3.65. The molecule has 0 amide bonds. The molecule has 5 heteroatoms. The molecule has 1 aromatic heterocycles. The molecule has 0 radical (unpaired) electrons. The monoisotopic (exact) mass is 256 g/mol. The number of fused-ring (bicyclic) bond motifs is 1. The van der Waals surface area contributed by atoms with Crippen molar-refractivity contribution in [1.82, 2.24) is 9.55 Å². The van der Waals surface area contributed by atoms with Gasteiger partial charge >= 0.3 is 0 Å². The quantitative estimate of drug-likeness (QED) is 0.809. The van der Waals surface area contributed by atoms with Crippen LogP contribution in [-0.2, 0) is 6.54 Å². The SMILES string of the molecule is C=C(Cl)Cn1c(=S)[nH]c2cc(F)c(C)cc21. The highest BCUT2D eigenvalue weighted by atomic mass is 35.5. The van der Waals surface area contributed by atoms with E-state index < -0.39 is 0 Å². The van der Waals surface area contributed by atoms with Gasteiger partial charge in [-0.15, -0.1) is 0 Å². The number of imidazole rings is 1. The van der Waals surface area contributed by atoms with Crippen LogP contribution in [0.25, 0.3) is 11.0 Å². The van der Waals surface area contributed by atoms with Crippen LogP contribution in [0.15, 0.2) is 23.7 Å². The van der Waals surface area contributed by atoms with Crippen molar-refractivity contribution in [1.29, 1.82) is 0 Å². The van der Waals surface area contributed by atoms with Crippen LogP contribution in [0.3, 0.4) is 0 Å². The van der Waals surface area contributed by atoms with Crippen LogP contribution in [0.4, 0.5) is 4.39 Å². The Morgan fingerprint density at radius 1 is 1.62 bits per heavy atom. The lowest BCUT2D eigenvalue weighted by atomic mass is 10.2. The van der Waals surface area contributed by atoms with Gasteiger partial charge in [0, 0.05) is 5.03 Å². The number of hydrogen-bond donors (Lipinski definition) is 1. The number of nitrogens with one attached hydrogen (secondary N) is 1. The smallest absolute Gasteiger partial charge is 0.178 e. The van der Waals surface area contributed by atoms with Gasteiger partial charge in [-0.2, -0.15) is 0 Å². The number of allylic oxidation sites excluding steroid dienone is 1. The maximum Gasteiger partial charge on any atom is 0.178 e. The molecular formula is C11H10ClFN2S. The molecular weight excluding hydrogens is 247 g/mol. The van der Waals surface area contributed by atoms with Crippen LogP contribution in [-0.4, -0.2) is 9.55 Å². The van der Waals surface area contributed by atoms with Crippen molar-refractivity contribution in [3.8, 4) is 0 Å². The lowest BCUT2D eigenvalue weighted by molar-refractivity contribution is 0.620. The standard InChI is InChI=1S/C11H10ClFN2S/c1-6-3-10-9(4-8(6)13)14-11(16)15(10)5-7(2)12/h3-4H,2,5H2,1H3,(H,14,16). The lowest BCUT2D eigenvalue weighted by Gasteiger charge is -2.03. The number of aromatic nitrogens is 2. The number of hydrogen-bond acceptors (Lipinski definition) is 1. The first kappa shape index (κ1) is 11.4. The molecule has 1 aromatic carbocycles. The van der Waals surface area contributed by atoms with Crippen molar-refractivity contribution in [3.05, 3.63) is 39.9 Å². The Kier molecular flexibility index (Phi) is 2.86. The highest BCUT2D eigenvalue weighted by Gasteiger charge is 2.08. The number of aromatic amines is 1. The predicted molar refractivity (Wildman–Crippen MR) is 66.8 cm³/mol. The molecule has 2 nitrogen and oxygen atoms in total. The zero-order valence-electron chi connectivity index (χ0n) is 8.68. The van der Waals surface area contributed by atoms with Gasteiger partial charge in [0.2, 0.25) is 0 Å². The first-order chi connectivity index (χ1) is 7.49. The molecule has 0 bridgehead atoms. The third kappa shape index (κ3) is 1.90. The molecule has 2 aromatic rings. The van der Waals surface area contributed by atoms with Gasteiger partial charge in [0.25, 0.3) is 0 Å². The Balaban J connectivity index is 2.74. The van der Waals surface area contributed by atoms with E-state index in [2.05, 4.69) is 11.6 Å². The number of benzene rings is 1. The zero-order chi connectivity index (χ0) is 11.9. The summed E-state index contributed by atoms with van der Waals surface area (Å²) in [7, 11) is 0. The molecule has 84 valence electrons. The van der Waals surface area contributed by atoms with Crippen LogP contribution >= 0.6 is 23.8 Å². The summed E-state index contributed by atoms with van der Waals surface area (Å²) < 4.78 is 15.7. The van der Waals surface area contributed by atoms with Crippen LogP contribution in [0, 0.1) is 17.5 Å². The summed E-state index contributed by atoms with van der Waals surface area (Å²) in [4.78, 5) is 2.94. The second-order valence-corrected chi connectivity index (χ2v) is 4.57. The fourth-order valence-corrected chi connectivity index (χ4v) is 2.00. The Labute approximate surface area is 102 Å². The van der Waals surface area contributed by atoms with Gasteiger partial charge in [-0.1, -0.05) is 18.2 Å². The highest BCUT2D eigenvalue weighted by Crippen LogP contribution is 2.20. The van der Waals surface area contributed by atoms with Gasteiger partial charge in [-0.25, -0.2) is 4.39 Å². The Morgan fingerprint density at radius 2 is 2.31 bits per heavy atom. The molecule has 0 spiro atoms. The number of halogens is 2. The van der Waals surface area contributed by atoms with Crippen molar-refractivity contribution >= 4 is 34.9 Å². The molecule has 1 N–H and O–H groups in total. The molecule has 0 saturated heterocycles. The molecule has 2 rings (SSSR count). The first-order valence-electron chi connectivity index (χ1n) is 4.71. The minimum absolute atomic E-state index is 0.249. The number of nitrogens with zero attached hydrogens (tertiary/aromatic N) is 1. The minimum Gasteiger partial charge on any atom is -0.330 e. The van der Waals surface area contributed by atoms with E-state index in [4.69, 9.17) is 23.8 Å². The van der Waals surface area contributed by atoms with E-state index in [-0.39, 0.29) is 5.82 Å². The molecule has 0 aliphatic rings. The van der Waals surface area contributed by atoms with Gasteiger partial charge < -0.3 is 9.55 Å². The fraction of sp³-hybridized carbons (Fsp3) is 0.182. The van der Waals surface area contributed by atoms with E-state index in [1.54, 1.807) is 17.6 Å². The summed E-state index contributed by atoms with van der Waals surface area (Å²) in [6.45, 7) is 5.76. The molecule has 16 heavy (non-hydrogen) atoms. The van der Waals surface area contributed by atoms with Crippen LogP contribution in [0.5, 0.6) is 0 Å². The fourth-order valence-electron chi connectivity index (χ4n) is 1.61. The summed E-state index contributed by atoms with van der Waals surface area (Å²) in [6.07, 6.45) is 0. The molecule has 0 saturated carbocycles. The van der Waals surface area contributed by atoms with Crippen molar-refractivity contribution in [2.24, 2.45) is 0 Å². The molecule has 0 aliphatic heterocycles. The third-order valence-corrected chi connectivity index (χ3v) is 2.83. The average Bonchev–Trinajstić information content (AvgIpc) is 2.45. The lowest BCUT2D eigenvalue weighted by Crippen LogP contribution is -1.97. The van der Waals surface area contributed by atoms with Crippen LogP contribution in [0.1, 0.15) is 5.56 Å². The van der Waals surface area contributed by atoms with Crippen molar-refractivity contribution in [2.45, 2.75) is 13.5 Å². The van der Waals surface area contributed by atoms with Gasteiger partial charge in [0.1, 0.15) is 5.82 Å². The average molecular weight is 257 g/mol. The molecule has 0 aliphatic carbocycles. The van der Waals surface area contributed by atoms with Gasteiger partial charge in [0.15, 0.2) is 4.77 Å². The summed E-state index contributed by atoms with van der Waals surface area (Å²) in [5, 5.41) is 0.485. The van der Waals surface area contributed by atoms with Gasteiger partial charge in [0.05, 0.1) is 17.6 Å². The van der Waals surface area contributed by atoms with Crippen molar-refractivity contribution < 1.29 is 4.39 Å². The van der Waals surface area contributed by atoms with Gasteiger partial charge in [-0.3, -0.25) is 0 Å². The zero-order valence-corrected chi connectivity index (χ0v) is 10.3. The van der Waals surface area contributed by atoms with Gasteiger partial charge in [-0.05, 0) is 36.8 Å². The highest BCUT2D eigenvalue weighted by molar-refractivity contribution is 7.71. The Hall–Kier alpha value is -1.13. The second kappa shape index (κ2) is 4.03.